The highest BCUT2D eigenvalue weighted by Crippen LogP contribution is 2.66. The van der Waals surface area contributed by atoms with Crippen molar-refractivity contribution in [2.24, 2.45) is 34.5 Å². The second-order valence-corrected chi connectivity index (χ2v) is 11.1. The summed E-state index contributed by atoms with van der Waals surface area (Å²) in [6, 6.07) is 7.91. The summed E-state index contributed by atoms with van der Waals surface area (Å²) in [4.78, 5) is 13.5. The van der Waals surface area contributed by atoms with E-state index in [0.717, 1.165) is 46.8 Å². The normalized spacial score (nSPS) is 44.1. The van der Waals surface area contributed by atoms with Gasteiger partial charge in [0.25, 0.3) is 0 Å². The lowest BCUT2D eigenvalue weighted by atomic mass is 9.45. The first-order valence-corrected chi connectivity index (χ1v) is 11.8. The largest absolute Gasteiger partial charge is 0.294 e. The number of rotatable bonds is 1. The molecule has 4 aliphatic rings. The Hall–Kier alpha value is -1.08. The van der Waals surface area contributed by atoms with Gasteiger partial charge in [0.15, 0.2) is 5.78 Å². The Bertz CT molecular complexity index is 825. The smallest absolute Gasteiger partial charge is 0.165 e. The summed E-state index contributed by atoms with van der Waals surface area (Å²) in [6.07, 6.45) is 13.9. The summed E-state index contributed by atoms with van der Waals surface area (Å²) in [5, 5.41) is 0.743. The molecule has 0 spiro atoms. The molecule has 4 saturated carbocycles. The number of Topliss-reactive ketones (excluding diaryl/α,β-unsaturated/α-hetero) is 1. The van der Waals surface area contributed by atoms with E-state index in [9.17, 15) is 4.79 Å². The molecule has 0 amide bonds. The number of hydrogen-bond acceptors (Lipinski definition) is 1. The molecule has 150 valence electrons. The summed E-state index contributed by atoms with van der Waals surface area (Å²) >= 11 is 6.17. The lowest BCUT2D eigenvalue weighted by Crippen LogP contribution is -2.52. The van der Waals surface area contributed by atoms with E-state index in [4.69, 9.17) is 11.6 Å². The quantitative estimate of drug-likeness (QED) is 0.454. The van der Waals surface area contributed by atoms with E-state index in [2.05, 4.69) is 26.0 Å². The first-order valence-electron chi connectivity index (χ1n) is 11.4. The first kappa shape index (κ1) is 18.9. The summed E-state index contributed by atoms with van der Waals surface area (Å²) in [6.45, 7) is 4.89. The van der Waals surface area contributed by atoms with E-state index in [1.807, 2.05) is 18.2 Å². The maximum atomic E-state index is 13.5. The van der Waals surface area contributed by atoms with Crippen molar-refractivity contribution in [3.8, 4) is 0 Å². The fourth-order valence-corrected chi connectivity index (χ4v) is 8.09. The van der Waals surface area contributed by atoms with Gasteiger partial charge in [0.1, 0.15) is 0 Å². The Kier molecular flexibility index (Phi) is 4.54. The molecule has 1 nitrogen and oxygen atoms in total. The minimum absolute atomic E-state index is 0.135. The van der Waals surface area contributed by atoms with Crippen LogP contribution in [-0.2, 0) is 4.79 Å². The van der Waals surface area contributed by atoms with Crippen molar-refractivity contribution in [3.63, 3.8) is 0 Å². The van der Waals surface area contributed by atoms with Crippen molar-refractivity contribution >= 4 is 23.5 Å². The van der Waals surface area contributed by atoms with Crippen LogP contribution in [0.1, 0.15) is 77.2 Å². The van der Waals surface area contributed by atoms with Crippen LogP contribution in [-0.4, -0.2) is 5.78 Å². The van der Waals surface area contributed by atoms with Crippen LogP contribution in [0.2, 0.25) is 5.02 Å². The molecule has 0 saturated heterocycles. The highest BCUT2D eigenvalue weighted by atomic mass is 35.5. The van der Waals surface area contributed by atoms with E-state index in [0.29, 0.717) is 17.1 Å². The number of carbonyl (C=O) groups excluding carboxylic acids is 1. The van der Waals surface area contributed by atoms with Crippen LogP contribution >= 0.6 is 11.6 Å². The van der Waals surface area contributed by atoms with Gasteiger partial charge in [-0.25, -0.2) is 0 Å². The maximum absolute atomic E-state index is 13.5. The van der Waals surface area contributed by atoms with E-state index in [1.54, 1.807) is 0 Å². The molecule has 28 heavy (non-hydrogen) atoms. The second-order valence-electron chi connectivity index (χ2n) is 10.6. The Labute approximate surface area is 174 Å². The van der Waals surface area contributed by atoms with Crippen LogP contribution in [0.3, 0.4) is 0 Å². The Morgan fingerprint density at radius 1 is 1.04 bits per heavy atom. The third-order valence-corrected chi connectivity index (χ3v) is 9.65. The standard InChI is InChI=1S/C26H33ClO/c1-25-12-4-3-7-19(25)9-10-21-22(25)11-13-26(2)23(21)16-18(24(26)28)14-17-6-5-8-20(27)15-17/h5-6,8,14-15,19,21-23H,3-4,7,9-13,16H2,1-2H3/b18-14+/t19-,21?,22?,23?,25?,26?/m0/s1. The van der Waals surface area contributed by atoms with Crippen molar-refractivity contribution in [1.82, 2.24) is 0 Å². The van der Waals surface area contributed by atoms with E-state index >= 15 is 0 Å². The zero-order valence-corrected chi connectivity index (χ0v) is 18.1. The molecule has 5 rings (SSSR count). The minimum Gasteiger partial charge on any atom is -0.294 e. The van der Waals surface area contributed by atoms with Gasteiger partial charge in [-0.3, -0.25) is 4.79 Å². The SMILES string of the molecule is CC12CCC3C(CC[C@@H]4CCCCC34C)C1C/C(=C\c1cccc(Cl)c1)C2=O. The number of fused-ring (bicyclic) bond motifs is 5. The Balaban J connectivity index is 1.46. The third kappa shape index (κ3) is 2.76. The van der Waals surface area contributed by atoms with Crippen LogP contribution in [0.15, 0.2) is 29.8 Å². The van der Waals surface area contributed by atoms with Gasteiger partial charge in [0.05, 0.1) is 0 Å². The monoisotopic (exact) mass is 396 g/mol. The molecule has 1 aromatic carbocycles. The van der Waals surface area contributed by atoms with E-state index < -0.39 is 0 Å². The topological polar surface area (TPSA) is 17.1 Å². The molecule has 4 fully saturated rings. The zero-order valence-electron chi connectivity index (χ0n) is 17.3. The molecule has 4 aliphatic carbocycles. The van der Waals surface area contributed by atoms with Gasteiger partial charge in [0, 0.05) is 10.4 Å². The Morgan fingerprint density at radius 2 is 1.89 bits per heavy atom. The number of carbonyl (C=O) groups is 1. The molecule has 5 unspecified atom stereocenters. The van der Waals surface area contributed by atoms with E-state index in [1.165, 1.54) is 44.9 Å². The van der Waals surface area contributed by atoms with Crippen molar-refractivity contribution < 1.29 is 4.79 Å². The van der Waals surface area contributed by atoms with E-state index in [-0.39, 0.29) is 5.41 Å². The Morgan fingerprint density at radius 3 is 2.71 bits per heavy atom. The molecule has 2 heteroatoms. The molecule has 0 aromatic heterocycles. The van der Waals surface area contributed by atoms with Crippen LogP contribution < -0.4 is 0 Å². The van der Waals surface area contributed by atoms with Gasteiger partial charge < -0.3 is 0 Å². The predicted octanol–water partition coefficient (Wildman–Crippen LogP) is 7.34. The molecule has 6 atom stereocenters. The van der Waals surface area contributed by atoms with Crippen molar-refractivity contribution in [3.05, 3.63) is 40.4 Å². The molecule has 0 heterocycles. The van der Waals surface area contributed by atoms with Gasteiger partial charge in [0.2, 0.25) is 0 Å². The van der Waals surface area contributed by atoms with Crippen LogP contribution in [0, 0.1) is 34.5 Å². The molecular formula is C26H33ClO. The van der Waals surface area contributed by atoms with Crippen molar-refractivity contribution in [2.75, 3.05) is 0 Å². The highest BCUT2D eigenvalue weighted by molar-refractivity contribution is 6.30. The summed E-state index contributed by atoms with van der Waals surface area (Å²) in [5.41, 5.74) is 2.51. The van der Waals surface area contributed by atoms with Crippen LogP contribution in [0.5, 0.6) is 0 Å². The summed E-state index contributed by atoms with van der Waals surface area (Å²) in [7, 11) is 0. The maximum Gasteiger partial charge on any atom is 0.165 e. The lowest BCUT2D eigenvalue weighted by Gasteiger charge is -2.59. The summed E-state index contributed by atoms with van der Waals surface area (Å²) in [5.74, 6) is 3.48. The number of allylic oxidation sites excluding steroid dienone is 1. The summed E-state index contributed by atoms with van der Waals surface area (Å²) < 4.78 is 0. The fourth-order valence-electron chi connectivity index (χ4n) is 7.89. The van der Waals surface area contributed by atoms with Gasteiger partial charge in [-0.1, -0.05) is 50.4 Å². The molecule has 0 N–H and O–H groups in total. The lowest BCUT2D eigenvalue weighted by molar-refractivity contribution is -0.137. The first-order chi connectivity index (χ1) is 13.4. The molecule has 1 aromatic rings. The van der Waals surface area contributed by atoms with Gasteiger partial charge in [-0.15, -0.1) is 0 Å². The number of benzene rings is 1. The fraction of sp³-hybridized carbons (Fsp3) is 0.654. The zero-order chi connectivity index (χ0) is 19.5. The minimum atomic E-state index is -0.135. The average molecular weight is 397 g/mol. The number of halogens is 1. The predicted molar refractivity (Wildman–Crippen MR) is 116 cm³/mol. The number of ketones is 1. The second kappa shape index (κ2) is 6.73. The molecule has 0 aliphatic heterocycles. The molecule has 0 bridgehead atoms. The van der Waals surface area contributed by atoms with Crippen molar-refractivity contribution in [1.29, 1.82) is 0 Å². The molecular weight excluding hydrogens is 364 g/mol. The highest BCUT2D eigenvalue weighted by Gasteiger charge is 2.60. The molecule has 0 radical (unpaired) electrons. The average Bonchev–Trinajstić information content (AvgIpc) is 2.92. The van der Waals surface area contributed by atoms with Crippen LogP contribution in [0.25, 0.3) is 6.08 Å². The van der Waals surface area contributed by atoms with Gasteiger partial charge in [-0.05, 0) is 103 Å². The van der Waals surface area contributed by atoms with Crippen LogP contribution in [0.4, 0.5) is 0 Å². The van der Waals surface area contributed by atoms with Crippen molar-refractivity contribution in [2.45, 2.75) is 71.6 Å². The third-order valence-electron chi connectivity index (χ3n) is 9.41. The van der Waals surface area contributed by atoms with Gasteiger partial charge >= 0.3 is 0 Å². The van der Waals surface area contributed by atoms with Gasteiger partial charge in [-0.2, -0.15) is 0 Å². The number of hydrogen-bond donors (Lipinski definition) is 0.